The molecule has 0 aliphatic carbocycles. The summed E-state index contributed by atoms with van der Waals surface area (Å²) in [5.74, 6) is 0. The largest absolute Gasteiger partial charge is 0.314 e. The Morgan fingerprint density at radius 3 is 2.36 bits per heavy atom. The molecule has 3 heteroatoms. The van der Waals surface area contributed by atoms with Crippen LogP contribution in [-0.4, -0.2) is 25.7 Å². The number of piperidine rings is 1. The van der Waals surface area contributed by atoms with Crippen LogP contribution in [0.25, 0.3) is 0 Å². The van der Waals surface area contributed by atoms with Crippen molar-refractivity contribution in [2.24, 2.45) is 4.99 Å². The first-order valence-electron chi connectivity index (χ1n) is 4.00. The maximum Gasteiger partial charge on any atom is 0.234 e. The Labute approximate surface area is 67.9 Å². The summed E-state index contributed by atoms with van der Waals surface area (Å²) in [6.07, 6.45) is 5.48. The van der Waals surface area contributed by atoms with Crippen molar-refractivity contribution >= 4 is 6.08 Å². The van der Waals surface area contributed by atoms with E-state index in [0.717, 1.165) is 6.04 Å². The third-order valence-corrected chi connectivity index (χ3v) is 1.65. The standard InChI is InChI=1S/C6H13N.C2H3NO/c1-6-4-2-3-5-7-6;1-3-2-4/h6-7H,2-5H2,1H3;1H3. The van der Waals surface area contributed by atoms with Crippen molar-refractivity contribution in [2.75, 3.05) is 13.6 Å². The summed E-state index contributed by atoms with van der Waals surface area (Å²) in [7, 11) is 1.38. The number of rotatable bonds is 0. The van der Waals surface area contributed by atoms with E-state index in [1.165, 1.54) is 38.9 Å². The maximum absolute atomic E-state index is 8.88. The Hall–Kier alpha value is -0.660. The van der Waals surface area contributed by atoms with Crippen molar-refractivity contribution in [1.29, 1.82) is 0 Å². The highest BCUT2D eigenvalue weighted by molar-refractivity contribution is 5.32. The van der Waals surface area contributed by atoms with Gasteiger partial charge in [0.15, 0.2) is 0 Å². The molecule has 1 rings (SSSR count). The van der Waals surface area contributed by atoms with Gasteiger partial charge < -0.3 is 5.32 Å². The Bertz CT molecular complexity index is 124. The van der Waals surface area contributed by atoms with Crippen LogP contribution in [-0.2, 0) is 4.79 Å². The van der Waals surface area contributed by atoms with Crippen LogP contribution in [0, 0.1) is 0 Å². The summed E-state index contributed by atoms with van der Waals surface area (Å²) in [6, 6.07) is 0.786. The zero-order valence-electron chi connectivity index (χ0n) is 7.26. The molecule has 0 radical (unpaired) electrons. The van der Waals surface area contributed by atoms with Crippen LogP contribution in [0.5, 0.6) is 0 Å². The summed E-state index contributed by atoms with van der Waals surface area (Å²) in [4.78, 5) is 11.8. The Kier molecular flexibility index (Phi) is 7.00. The van der Waals surface area contributed by atoms with E-state index in [2.05, 4.69) is 17.2 Å². The first-order valence-corrected chi connectivity index (χ1v) is 4.00. The molecule has 0 saturated carbocycles. The molecule has 0 aromatic rings. The number of isocyanates is 1. The van der Waals surface area contributed by atoms with Gasteiger partial charge in [-0.05, 0) is 26.3 Å². The topological polar surface area (TPSA) is 41.5 Å². The normalized spacial score (nSPS) is 22.5. The molecule has 1 saturated heterocycles. The van der Waals surface area contributed by atoms with E-state index in [1.54, 1.807) is 0 Å². The second-order valence-electron chi connectivity index (χ2n) is 2.67. The molecular weight excluding hydrogens is 140 g/mol. The monoisotopic (exact) mass is 156 g/mol. The van der Waals surface area contributed by atoms with Gasteiger partial charge in [-0.25, -0.2) is 9.79 Å². The van der Waals surface area contributed by atoms with Crippen molar-refractivity contribution in [2.45, 2.75) is 32.2 Å². The average molecular weight is 156 g/mol. The third kappa shape index (κ3) is 7.23. The Morgan fingerprint density at radius 1 is 1.55 bits per heavy atom. The van der Waals surface area contributed by atoms with Crippen molar-refractivity contribution in [1.82, 2.24) is 5.32 Å². The van der Waals surface area contributed by atoms with E-state index >= 15 is 0 Å². The molecule has 1 unspecified atom stereocenters. The number of aliphatic imine (C=N–C) groups is 1. The van der Waals surface area contributed by atoms with Gasteiger partial charge in [-0.1, -0.05) is 6.42 Å². The fourth-order valence-electron chi connectivity index (χ4n) is 1.03. The lowest BCUT2D eigenvalue weighted by atomic mass is 10.1. The molecule has 1 atom stereocenters. The molecule has 1 aliphatic heterocycles. The van der Waals surface area contributed by atoms with Gasteiger partial charge >= 0.3 is 0 Å². The van der Waals surface area contributed by atoms with Crippen LogP contribution < -0.4 is 5.32 Å². The molecule has 64 valence electrons. The van der Waals surface area contributed by atoms with Gasteiger partial charge in [0.05, 0.1) is 0 Å². The molecule has 0 aromatic heterocycles. The van der Waals surface area contributed by atoms with E-state index in [4.69, 9.17) is 4.79 Å². The number of carbonyl (C=O) groups excluding carboxylic acids is 1. The van der Waals surface area contributed by atoms with Gasteiger partial charge in [-0.15, -0.1) is 0 Å². The van der Waals surface area contributed by atoms with Gasteiger partial charge in [-0.3, -0.25) is 0 Å². The van der Waals surface area contributed by atoms with E-state index in [-0.39, 0.29) is 0 Å². The lowest BCUT2D eigenvalue weighted by molar-refractivity contribution is 0.425. The van der Waals surface area contributed by atoms with Crippen molar-refractivity contribution < 1.29 is 4.79 Å². The van der Waals surface area contributed by atoms with Crippen LogP contribution in [0.4, 0.5) is 0 Å². The lowest BCUT2D eigenvalue weighted by Crippen LogP contribution is -2.30. The Balaban J connectivity index is 0.000000218. The molecule has 0 aromatic carbocycles. The van der Waals surface area contributed by atoms with Crippen LogP contribution in [0.1, 0.15) is 26.2 Å². The molecule has 3 nitrogen and oxygen atoms in total. The predicted molar refractivity (Wildman–Crippen MR) is 45.4 cm³/mol. The molecule has 1 heterocycles. The van der Waals surface area contributed by atoms with E-state index in [0.29, 0.717) is 0 Å². The van der Waals surface area contributed by atoms with Crippen LogP contribution >= 0.6 is 0 Å². The summed E-state index contributed by atoms with van der Waals surface area (Å²) >= 11 is 0. The Morgan fingerprint density at radius 2 is 2.18 bits per heavy atom. The van der Waals surface area contributed by atoms with Crippen LogP contribution in [0.2, 0.25) is 0 Å². The van der Waals surface area contributed by atoms with Crippen LogP contribution in [0.3, 0.4) is 0 Å². The van der Waals surface area contributed by atoms with Gasteiger partial charge in [0.1, 0.15) is 0 Å². The summed E-state index contributed by atoms with van der Waals surface area (Å²) in [6.45, 7) is 3.49. The fraction of sp³-hybridized carbons (Fsp3) is 0.875. The molecule has 0 bridgehead atoms. The quantitative estimate of drug-likeness (QED) is 0.421. The van der Waals surface area contributed by atoms with E-state index < -0.39 is 0 Å². The molecule has 11 heavy (non-hydrogen) atoms. The fourth-order valence-corrected chi connectivity index (χ4v) is 1.03. The SMILES string of the molecule is CC1CCCCN1.CN=C=O. The molecule has 0 spiro atoms. The molecular formula is C8H16N2O. The van der Waals surface area contributed by atoms with Crippen LogP contribution in [0.15, 0.2) is 4.99 Å². The van der Waals surface area contributed by atoms with Crippen molar-refractivity contribution in [3.63, 3.8) is 0 Å². The van der Waals surface area contributed by atoms with Crippen molar-refractivity contribution in [3.8, 4) is 0 Å². The first kappa shape index (κ1) is 10.3. The number of hydrogen-bond acceptors (Lipinski definition) is 3. The maximum atomic E-state index is 8.88. The number of hydrogen-bond donors (Lipinski definition) is 1. The average Bonchev–Trinajstić information content (AvgIpc) is 2.07. The smallest absolute Gasteiger partial charge is 0.234 e. The van der Waals surface area contributed by atoms with Gasteiger partial charge in [0, 0.05) is 13.1 Å². The summed E-state index contributed by atoms with van der Waals surface area (Å²) < 4.78 is 0. The third-order valence-electron chi connectivity index (χ3n) is 1.65. The highest BCUT2D eigenvalue weighted by Crippen LogP contribution is 2.04. The van der Waals surface area contributed by atoms with E-state index in [1.807, 2.05) is 0 Å². The second kappa shape index (κ2) is 7.45. The molecule has 1 N–H and O–H groups in total. The predicted octanol–water partition coefficient (Wildman–Crippen LogP) is 1.10. The van der Waals surface area contributed by atoms with Crippen molar-refractivity contribution in [3.05, 3.63) is 0 Å². The number of nitrogens with zero attached hydrogens (tertiary/aromatic N) is 1. The number of nitrogens with one attached hydrogen (secondary N) is 1. The summed E-state index contributed by atoms with van der Waals surface area (Å²) in [5.41, 5.74) is 0. The molecule has 0 amide bonds. The first-order chi connectivity index (χ1) is 5.31. The lowest BCUT2D eigenvalue weighted by Gasteiger charge is -2.18. The summed E-state index contributed by atoms with van der Waals surface area (Å²) in [5, 5.41) is 3.38. The molecule has 1 aliphatic rings. The van der Waals surface area contributed by atoms with Gasteiger partial charge in [0.2, 0.25) is 6.08 Å². The van der Waals surface area contributed by atoms with Gasteiger partial charge in [0.25, 0.3) is 0 Å². The molecule has 1 fully saturated rings. The minimum atomic E-state index is 0.786. The highest BCUT2D eigenvalue weighted by Gasteiger charge is 2.04. The zero-order chi connectivity index (χ0) is 8.53. The zero-order valence-corrected chi connectivity index (χ0v) is 7.26. The van der Waals surface area contributed by atoms with E-state index in [9.17, 15) is 0 Å². The second-order valence-corrected chi connectivity index (χ2v) is 2.67. The minimum absolute atomic E-state index is 0.786. The highest BCUT2D eigenvalue weighted by atomic mass is 16.1. The van der Waals surface area contributed by atoms with Gasteiger partial charge in [-0.2, -0.15) is 0 Å². The minimum Gasteiger partial charge on any atom is -0.314 e.